The summed E-state index contributed by atoms with van der Waals surface area (Å²) in [5.41, 5.74) is 2.56. The number of aromatic amines is 1. The van der Waals surface area contributed by atoms with E-state index in [0.717, 1.165) is 18.7 Å². The van der Waals surface area contributed by atoms with Crippen molar-refractivity contribution < 1.29 is 4.43 Å². The molecular formula is C18H30N2OSi-. The molecular weight excluding hydrogens is 288 g/mol. The first-order chi connectivity index (χ1) is 10.5. The van der Waals surface area contributed by atoms with Gasteiger partial charge in [-0.1, -0.05) is 26.8 Å². The van der Waals surface area contributed by atoms with Crippen LogP contribution in [-0.4, -0.2) is 38.8 Å². The molecule has 0 amide bonds. The topological polar surface area (TPSA) is 28.3 Å². The molecule has 123 valence electrons. The van der Waals surface area contributed by atoms with Crippen molar-refractivity contribution in [3.05, 3.63) is 30.0 Å². The fraction of sp³-hybridized carbons (Fsp3) is 0.556. The fourth-order valence-electron chi connectivity index (χ4n) is 3.05. The number of H-pyrrole nitrogens is 1. The van der Waals surface area contributed by atoms with Crippen LogP contribution in [-0.2, 0) is 6.42 Å². The van der Waals surface area contributed by atoms with Crippen LogP contribution in [0, 0.1) is 0 Å². The van der Waals surface area contributed by atoms with Crippen molar-refractivity contribution in [3.63, 3.8) is 0 Å². The number of fused-ring (bicyclic) bond motifs is 1. The van der Waals surface area contributed by atoms with Crippen molar-refractivity contribution in [2.24, 2.45) is 0 Å². The SMILES string of the molecule is CC[Si-](CC)(CC)Oc1cccc2[nH]cc(CCN(C)C)c12. The highest BCUT2D eigenvalue weighted by Crippen LogP contribution is 2.33. The van der Waals surface area contributed by atoms with Gasteiger partial charge in [0.25, 0.3) is 0 Å². The molecule has 1 aromatic heterocycles. The molecule has 0 bridgehead atoms. The summed E-state index contributed by atoms with van der Waals surface area (Å²) < 4.78 is 6.67. The summed E-state index contributed by atoms with van der Waals surface area (Å²) in [6, 6.07) is 9.92. The van der Waals surface area contributed by atoms with Crippen molar-refractivity contribution in [1.82, 2.24) is 9.88 Å². The Morgan fingerprint density at radius 1 is 1.09 bits per heavy atom. The number of likely N-dealkylation sites (N-methyl/N-ethyl adjacent to an activating group) is 1. The van der Waals surface area contributed by atoms with Gasteiger partial charge in [0.1, 0.15) is 0 Å². The zero-order valence-electron chi connectivity index (χ0n) is 14.7. The van der Waals surface area contributed by atoms with E-state index in [4.69, 9.17) is 4.43 Å². The number of nitrogens with zero attached hydrogens (tertiary/aromatic N) is 1. The van der Waals surface area contributed by atoms with Gasteiger partial charge in [-0.15, -0.1) is 18.1 Å². The molecule has 0 atom stereocenters. The highest BCUT2D eigenvalue weighted by Gasteiger charge is 2.19. The van der Waals surface area contributed by atoms with Crippen LogP contribution in [0.15, 0.2) is 24.4 Å². The predicted molar refractivity (Wildman–Crippen MR) is 98.4 cm³/mol. The third-order valence-corrected chi connectivity index (χ3v) is 9.36. The molecule has 0 aliphatic rings. The lowest BCUT2D eigenvalue weighted by Crippen LogP contribution is -2.39. The first-order valence-corrected chi connectivity index (χ1v) is 11.0. The van der Waals surface area contributed by atoms with Crippen molar-refractivity contribution in [3.8, 4) is 5.75 Å². The van der Waals surface area contributed by atoms with Gasteiger partial charge < -0.3 is 14.3 Å². The van der Waals surface area contributed by atoms with Gasteiger partial charge in [-0.05, 0) is 38.2 Å². The van der Waals surface area contributed by atoms with E-state index in [0.29, 0.717) is 0 Å². The number of hydrogen-bond acceptors (Lipinski definition) is 2. The number of aromatic nitrogens is 1. The van der Waals surface area contributed by atoms with Gasteiger partial charge in [-0.3, -0.25) is 0 Å². The monoisotopic (exact) mass is 318 g/mol. The summed E-state index contributed by atoms with van der Waals surface area (Å²) in [5.74, 6) is 1.09. The molecule has 0 aliphatic carbocycles. The van der Waals surface area contributed by atoms with Gasteiger partial charge in [0.15, 0.2) is 0 Å². The molecule has 0 aliphatic heterocycles. The Labute approximate surface area is 135 Å². The Hall–Kier alpha value is -1.26. The summed E-state index contributed by atoms with van der Waals surface area (Å²) in [7, 11) is 2.60. The van der Waals surface area contributed by atoms with Gasteiger partial charge in [0, 0.05) is 32.0 Å². The quantitative estimate of drug-likeness (QED) is 0.717. The molecule has 1 N–H and O–H groups in total. The molecule has 0 saturated carbocycles. The highest BCUT2D eigenvalue weighted by atomic mass is 28.4. The molecule has 3 nitrogen and oxygen atoms in total. The van der Waals surface area contributed by atoms with Crippen LogP contribution in [0.3, 0.4) is 0 Å². The highest BCUT2D eigenvalue weighted by molar-refractivity contribution is 6.74. The fourth-order valence-corrected chi connectivity index (χ4v) is 5.62. The third-order valence-electron chi connectivity index (χ3n) is 4.84. The Balaban J connectivity index is 2.38. The summed E-state index contributed by atoms with van der Waals surface area (Å²) >= 11 is 0. The van der Waals surface area contributed by atoms with Crippen molar-refractivity contribution in [2.75, 3.05) is 20.6 Å². The molecule has 0 fully saturated rings. The minimum absolute atomic E-state index is 1.05. The van der Waals surface area contributed by atoms with Crippen molar-refractivity contribution >= 4 is 19.2 Å². The Bertz CT molecular complexity index is 594. The minimum Gasteiger partial charge on any atom is -0.688 e. The lowest BCUT2D eigenvalue weighted by atomic mass is 10.1. The lowest BCUT2D eigenvalue weighted by molar-refractivity contribution is 0.414. The molecule has 0 radical (unpaired) electrons. The van der Waals surface area contributed by atoms with Crippen LogP contribution >= 0.6 is 0 Å². The van der Waals surface area contributed by atoms with Crippen molar-refractivity contribution in [1.29, 1.82) is 0 Å². The number of hydrogen-bond donors (Lipinski definition) is 1. The molecule has 1 aromatic carbocycles. The smallest absolute Gasteiger partial charge is 0.0821 e. The summed E-state index contributed by atoms with van der Waals surface area (Å²) in [6.07, 6.45) is 3.19. The first kappa shape index (κ1) is 17.1. The van der Waals surface area contributed by atoms with E-state index < -0.39 is 8.32 Å². The van der Waals surface area contributed by atoms with Crippen molar-refractivity contribution in [2.45, 2.75) is 45.3 Å². The van der Waals surface area contributed by atoms with E-state index in [2.05, 4.69) is 69.1 Å². The second kappa shape index (κ2) is 7.33. The van der Waals surface area contributed by atoms with Gasteiger partial charge in [-0.25, -0.2) is 0 Å². The maximum Gasteiger partial charge on any atom is 0.0821 e. The van der Waals surface area contributed by atoms with Crippen LogP contribution in [0.4, 0.5) is 0 Å². The maximum absolute atomic E-state index is 6.67. The second-order valence-electron chi connectivity index (χ2n) is 6.39. The molecule has 22 heavy (non-hydrogen) atoms. The molecule has 4 heteroatoms. The summed E-state index contributed by atoms with van der Waals surface area (Å²) in [6.45, 7) is 7.90. The van der Waals surface area contributed by atoms with E-state index in [1.54, 1.807) is 0 Å². The summed E-state index contributed by atoms with van der Waals surface area (Å²) in [4.78, 5) is 5.64. The number of rotatable bonds is 8. The molecule has 2 aromatic rings. The van der Waals surface area contributed by atoms with Gasteiger partial charge in [0.05, 0.1) is 5.75 Å². The zero-order valence-corrected chi connectivity index (χ0v) is 15.7. The average molecular weight is 319 g/mol. The minimum atomic E-state index is -1.64. The van der Waals surface area contributed by atoms with Crippen LogP contribution in [0.1, 0.15) is 26.3 Å². The number of nitrogens with one attached hydrogen (secondary N) is 1. The van der Waals surface area contributed by atoms with E-state index in [1.807, 2.05) is 0 Å². The second-order valence-corrected chi connectivity index (χ2v) is 11.1. The molecule has 2 rings (SSSR count). The van der Waals surface area contributed by atoms with Crippen LogP contribution in [0.25, 0.3) is 10.9 Å². The number of benzene rings is 1. The zero-order chi connectivity index (χ0) is 16.2. The summed E-state index contributed by atoms with van der Waals surface area (Å²) in [5, 5.41) is 1.29. The lowest BCUT2D eigenvalue weighted by Gasteiger charge is -2.42. The van der Waals surface area contributed by atoms with E-state index in [-0.39, 0.29) is 0 Å². The standard InChI is InChI=1S/C18H30N2OSi/c1-6-22(7-2,8-3)21-17-11-9-10-16-18(17)15(14-19-16)12-13-20(4)5/h9-11,14,19H,6-8,12-13H2,1-5H3/q-1. The largest absolute Gasteiger partial charge is 0.688 e. The Morgan fingerprint density at radius 2 is 1.77 bits per heavy atom. The van der Waals surface area contributed by atoms with Gasteiger partial charge >= 0.3 is 0 Å². The Morgan fingerprint density at radius 3 is 2.36 bits per heavy atom. The Kier molecular flexibility index (Phi) is 5.70. The van der Waals surface area contributed by atoms with Crippen LogP contribution in [0.2, 0.25) is 18.1 Å². The van der Waals surface area contributed by atoms with Gasteiger partial charge in [-0.2, -0.15) is 0 Å². The average Bonchev–Trinajstić information content (AvgIpc) is 2.95. The van der Waals surface area contributed by atoms with E-state index >= 15 is 0 Å². The molecule has 0 spiro atoms. The van der Waals surface area contributed by atoms with E-state index in [9.17, 15) is 0 Å². The molecule has 1 heterocycles. The third kappa shape index (κ3) is 3.55. The van der Waals surface area contributed by atoms with E-state index in [1.165, 1.54) is 34.6 Å². The van der Waals surface area contributed by atoms with Crippen LogP contribution < -0.4 is 4.43 Å². The van der Waals surface area contributed by atoms with Crippen LogP contribution in [0.5, 0.6) is 5.75 Å². The maximum atomic E-state index is 6.67. The predicted octanol–water partition coefficient (Wildman–Crippen LogP) is 4.66. The van der Waals surface area contributed by atoms with Gasteiger partial charge in [0.2, 0.25) is 0 Å². The molecule has 0 unspecified atom stereocenters. The normalized spacial score (nSPS) is 12.3. The first-order valence-electron chi connectivity index (χ1n) is 8.48. The molecule has 0 saturated heterocycles.